The molecule has 8 nitrogen and oxygen atoms in total. The number of amides is 1. The molecule has 0 saturated carbocycles. The van der Waals surface area contributed by atoms with Crippen LogP contribution in [0.3, 0.4) is 0 Å². The van der Waals surface area contributed by atoms with Gasteiger partial charge in [-0.3, -0.25) is 4.79 Å². The molecule has 1 amide bonds. The standard InChI is InChI=1S/C18H27N3O5S.ClH/c1-19-7-2-4-18(22)20-8-3-9-21(11-10-20)27(23,24)15-5-6-16-17(14-15)26-13-12-25-16;/h5-6,14,19H,2-4,7-13H2,1H3;1H. The van der Waals surface area contributed by atoms with Crippen molar-refractivity contribution in [3.8, 4) is 11.5 Å². The minimum atomic E-state index is -3.64. The van der Waals surface area contributed by atoms with Gasteiger partial charge < -0.3 is 19.7 Å². The third-order valence-electron chi connectivity index (χ3n) is 4.78. The second kappa shape index (κ2) is 10.3. The minimum Gasteiger partial charge on any atom is -0.486 e. The summed E-state index contributed by atoms with van der Waals surface area (Å²) in [6.07, 6.45) is 1.89. The van der Waals surface area contributed by atoms with E-state index in [0.29, 0.717) is 63.7 Å². The van der Waals surface area contributed by atoms with E-state index >= 15 is 0 Å². The second-order valence-electron chi connectivity index (χ2n) is 6.65. The van der Waals surface area contributed by atoms with Crippen molar-refractivity contribution >= 4 is 28.3 Å². The average molecular weight is 434 g/mol. The number of carbonyl (C=O) groups is 1. The van der Waals surface area contributed by atoms with Gasteiger partial charge in [0.2, 0.25) is 15.9 Å². The predicted molar refractivity (Wildman–Crippen MR) is 108 cm³/mol. The van der Waals surface area contributed by atoms with Crippen molar-refractivity contribution in [3.63, 3.8) is 0 Å². The lowest BCUT2D eigenvalue weighted by Crippen LogP contribution is -2.37. The van der Waals surface area contributed by atoms with Gasteiger partial charge >= 0.3 is 0 Å². The number of rotatable bonds is 6. The van der Waals surface area contributed by atoms with E-state index in [1.165, 1.54) is 10.4 Å². The molecular weight excluding hydrogens is 406 g/mol. The summed E-state index contributed by atoms with van der Waals surface area (Å²) in [6, 6.07) is 4.71. The molecule has 0 bridgehead atoms. The Morgan fingerprint density at radius 3 is 2.61 bits per heavy atom. The van der Waals surface area contributed by atoms with Crippen molar-refractivity contribution in [2.24, 2.45) is 0 Å². The van der Waals surface area contributed by atoms with Crippen LogP contribution in [0, 0.1) is 0 Å². The Bertz CT molecular complexity index is 774. The number of hydrogen-bond donors (Lipinski definition) is 1. The molecule has 1 aromatic rings. The van der Waals surface area contributed by atoms with Crippen LogP contribution in [0.25, 0.3) is 0 Å². The van der Waals surface area contributed by atoms with Crippen molar-refractivity contribution in [1.82, 2.24) is 14.5 Å². The molecule has 1 N–H and O–H groups in total. The maximum atomic E-state index is 13.0. The van der Waals surface area contributed by atoms with E-state index < -0.39 is 10.0 Å². The zero-order chi connectivity index (χ0) is 19.3. The highest BCUT2D eigenvalue weighted by molar-refractivity contribution is 7.89. The molecule has 1 fully saturated rings. The molecule has 0 spiro atoms. The van der Waals surface area contributed by atoms with Gasteiger partial charge in [-0.25, -0.2) is 8.42 Å². The summed E-state index contributed by atoms with van der Waals surface area (Å²) in [5.74, 6) is 1.11. The minimum absolute atomic E-state index is 0. The first-order chi connectivity index (χ1) is 13.0. The molecule has 0 atom stereocenters. The average Bonchev–Trinajstić information content (AvgIpc) is 2.94. The Kier molecular flexibility index (Phi) is 8.36. The van der Waals surface area contributed by atoms with Gasteiger partial charge in [-0.1, -0.05) is 0 Å². The number of hydrogen-bond acceptors (Lipinski definition) is 6. The van der Waals surface area contributed by atoms with Gasteiger partial charge in [-0.2, -0.15) is 4.31 Å². The highest BCUT2D eigenvalue weighted by Gasteiger charge is 2.29. The summed E-state index contributed by atoms with van der Waals surface area (Å²) in [7, 11) is -1.78. The van der Waals surface area contributed by atoms with Crippen LogP contribution in [0.1, 0.15) is 19.3 Å². The maximum absolute atomic E-state index is 13.0. The Labute approximate surface area is 172 Å². The zero-order valence-corrected chi connectivity index (χ0v) is 17.7. The molecule has 2 heterocycles. The van der Waals surface area contributed by atoms with Gasteiger partial charge in [-0.15, -0.1) is 12.4 Å². The van der Waals surface area contributed by atoms with E-state index in [-0.39, 0.29) is 23.2 Å². The van der Waals surface area contributed by atoms with Crippen molar-refractivity contribution in [3.05, 3.63) is 18.2 Å². The summed E-state index contributed by atoms with van der Waals surface area (Å²) < 4.78 is 38.5. The summed E-state index contributed by atoms with van der Waals surface area (Å²) >= 11 is 0. The topological polar surface area (TPSA) is 88.2 Å². The lowest BCUT2D eigenvalue weighted by molar-refractivity contribution is -0.131. The van der Waals surface area contributed by atoms with Crippen LogP contribution in [-0.2, 0) is 14.8 Å². The van der Waals surface area contributed by atoms with E-state index in [1.54, 1.807) is 17.0 Å². The van der Waals surface area contributed by atoms with Gasteiger partial charge in [-0.05, 0) is 38.6 Å². The molecule has 0 aliphatic carbocycles. The first-order valence-electron chi connectivity index (χ1n) is 9.34. The molecule has 2 aliphatic heterocycles. The third kappa shape index (κ3) is 5.28. The number of nitrogens with one attached hydrogen (secondary N) is 1. The predicted octanol–water partition coefficient (Wildman–Crippen LogP) is 1.10. The fourth-order valence-corrected chi connectivity index (χ4v) is 4.78. The normalized spacial score (nSPS) is 17.5. The van der Waals surface area contributed by atoms with Gasteiger partial charge in [0.1, 0.15) is 13.2 Å². The highest BCUT2D eigenvalue weighted by atomic mass is 35.5. The molecule has 10 heteroatoms. The highest BCUT2D eigenvalue weighted by Crippen LogP contribution is 2.33. The summed E-state index contributed by atoms with van der Waals surface area (Å²) in [5.41, 5.74) is 0. The van der Waals surface area contributed by atoms with Crippen LogP contribution in [0.15, 0.2) is 23.1 Å². The van der Waals surface area contributed by atoms with Crippen LogP contribution in [0.5, 0.6) is 11.5 Å². The van der Waals surface area contributed by atoms with Crippen molar-refractivity contribution in [2.75, 3.05) is 53.0 Å². The van der Waals surface area contributed by atoms with E-state index in [4.69, 9.17) is 9.47 Å². The van der Waals surface area contributed by atoms with Gasteiger partial charge in [0.25, 0.3) is 0 Å². The summed E-state index contributed by atoms with van der Waals surface area (Å²) in [6.45, 7) is 3.37. The fraction of sp³-hybridized carbons (Fsp3) is 0.611. The van der Waals surface area contributed by atoms with Crippen LogP contribution in [0.2, 0.25) is 0 Å². The van der Waals surface area contributed by atoms with E-state index in [9.17, 15) is 13.2 Å². The molecule has 0 unspecified atom stereocenters. The van der Waals surface area contributed by atoms with Gasteiger partial charge in [0.15, 0.2) is 11.5 Å². The van der Waals surface area contributed by atoms with Crippen LogP contribution in [0.4, 0.5) is 0 Å². The first-order valence-corrected chi connectivity index (χ1v) is 10.8. The van der Waals surface area contributed by atoms with Crippen molar-refractivity contribution in [2.45, 2.75) is 24.2 Å². The zero-order valence-electron chi connectivity index (χ0n) is 16.1. The largest absolute Gasteiger partial charge is 0.486 e. The van der Waals surface area contributed by atoms with Crippen LogP contribution < -0.4 is 14.8 Å². The van der Waals surface area contributed by atoms with Crippen LogP contribution >= 0.6 is 12.4 Å². The maximum Gasteiger partial charge on any atom is 0.243 e. The number of benzene rings is 1. The molecule has 158 valence electrons. The third-order valence-corrected chi connectivity index (χ3v) is 6.67. The number of halogens is 1. The Morgan fingerprint density at radius 1 is 1.11 bits per heavy atom. The first kappa shape index (κ1) is 22.7. The summed E-state index contributed by atoms with van der Waals surface area (Å²) in [5, 5.41) is 3.03. The lowest BCUT2D eigenvalue weighted by atomic mass is 10.2. The molecule has 3 rings (SSSR count). The number of sulfonamides is 1. The monoisotopic (exact) mass is 433 g/mol. The molecule has 2 aliphatic rings. The molecule has 1 saturated heterocycles. The number of ether oxygens (including phenoxy) is 2. The van der Waals surface area contributed by atoms with E-state index in [2.05, 4.69) is 5.32 Å². The Hall–Kier alpha value is -1.55. The SMILES string of the molecule is CNCCCC(=O)N1CCCN(S(=O)(=O)c2ccc3c(c2)OCCO3)CC1.Cl. The van der Waals surface area contributed by atoms with E-state index in [1.807, 2.05) is 7.05 Å². The molecule has 0 aromatic heterocycles. The van der Waals surface area contributed by atoms with E-state index in [0.717, 1.165) is 13.0 Å². The fourth-order valence-electron chi connectivity index (χ4n) is 3.29. The molecule has 0 radical (unpaired) electrons. The quantitative estimate of drug-likeness (QED) is 0.676. The number of fused-ring (bicyclic) bond motifs is 1. The van der Waals surface area contributed by atoms with Crippen LogP contribution in [-0.4, -0.2) is 76.5 Å². The Balaban J connectivity index is 0.00000280. The second-order valence-corrected chi connectivity index (χ2v) is 8.59. The number of carbonyl (C=O) groups excluding carboxylic acids is 1. The van der Waals surface area contributed by atoms with Crippen molar-refractivity contribution < 1.29 is 22.7 Å². The van der Waals surface area contributed by atoms with Gasteiger partial charge in [0.05, 0.1) is 4.90 Å². The van der Waals surface area contributed by atoms with Gasteiger partial charge in [0, 0.05) is 38.7 Å². The smallest absolute Gasteiger partial charge is 0.243 e. The lowest BCUT2D eigenvalue weighted by Gasteiger charge is -2.23. The molecular formula is C18H28ClN3O5S. The molecule has 1 aromatic carbocycles. The van der Waals surface area contributed by atoms with Crippen molar-refractivity contribution in [1.29, 1.82) is 0 Å². The summed E-state index contributed by atoms with van der Waals surface area (Å²) in [4.78, 5) is 14.3. The molecule has 28 heavy (non-hydrogen) atoms. The Morgan fingerprint density at radius 2 is 1.86 bits per heavy atom. The number of nitrogens with zero attached hydrogens (tertiary/aromatic N) is 2.